The van der Waals surface area contributed by atoms with Gasteiger partial charge in [0, 0.05) is 20.3 Å². The average Bonchev–Trinajstić information content (AvgIpc) is 1.85. The Morgan fingerprint density at radius 1 is 1.09 bits per heavy atom. The predicted octanol–water partition coefficient (Wildman–Crippen LogP) is 0.317. The lowest BCUT2D eigenvalue weighted by Gasteiger charge is -2.01. The third-order valence-electron chi connectivity index (χ3n) is 0.809. The van der Waals surface area contributed by atoms with Crippen LogP contribution in [0.15, 0.2) is 0 Å². The highest BCUT2D eigenvalue weighted by Crippen LogP contribution is 1.84. The SMILES string of the molecule is CC(=O)OC[CH]COC(C)=O. The zero-order chi connectivity index (χ0) is 8.69. The van der Waals surface area contributed by atoms with Crippen molar-refractivity contribution < 1.29 is 19.1 Å². The minimum Gasteiger partial charge on any atom is -0.465 e. The van der Waals surface area contributed by atoms with Crippen molar-refractivity contribution in [2.45, 2.75) is 13.8 Å². The Morgan fingerprint density at radius 3 is 1.73 bits per heavy atom. The van der Waals surface area contributed by atoms with E-state index in [0.29, 0.717) is 0 Å². The summed E-state index contributed by atoms with van der Waals surface area (Å²) in [5.74, 6) is -0.687. The van der Waals surface area contributed by atoms with E-state index in [1.54, 1.807) is 6.42 Å². The van der Waals surface area contributed by atoms with Gasteiger partial charge in [-0.2, -0.15) is 0 Å². The molecule has 0 atom stereocenters. The summed E-state index contributed by atoms with van der Waals surface area (Å²) < 4.78 is 9.08. The van der Waals surface area contributed by atoms with Gasteiger partial charge < -0.3 is 9.47 Å². The molecule has 0 N–H and O–H groups in total. The molecular formula is C7H11O4. The zero-order valence-electron chi connectivity index (χ0n) is 6.62. The maximum absolute atomic E-state index is 10.2. The summed E-state index contributed by atoms with van der Waals surface area (Å²) in [5, 5.41) is 0. The fourth-order valence-corrected chi connectivity index (χ4v) is 0.401. The molecule has 0 heterocycles. The monoisotopic (exact) mass is 159 g/mol. The fraction of sp³-hybridized carbons (Fsp3) is 0.571. The summed E-state index contributed by atoms with van der Waals surface area (Å²) >= 11 is 0. The Bertz CT molecular complexity index is 125. The highest BCUT2D eigenvalue weighted by atomic mass is 16.5. The summed E-state index contributed by atoms with van der Waals surface area (Å²) in [6.07, 6.45) is 1.56. The highest BCUT2D eigenvalue weighted by molar-refractivity contribution is 5.66. The first-order chi connectivity index (χ1) is 5.13. The van der Waals surface area contributed by atoms with Crippen LogP contribution in [-0.2, 0) is 19.1 Å². The van der Waals surface area contributed by atoms with Crippen LogP contribution >= 0.6 is 0 Å². The van der Waals surface area contributed by atoms with E-state index in [2.05, 4.69) is 9.47 Å². The van der Waals surface area contributed by atoms with Crippen molar-refractivity contribution in [1.29, 1.82) is 0 Å². The summed E-state index contributed by atoms with van der Waals surface area (Å²) in [7, 11) is 0. The van der Waals surface area contributed by atoms with Crippen LogP contribution in [0.25, 0.3) is 0 Å². The van der Waals surface area contributed by atoms with Crippen molar-refractivity contribution in [1.82, 2.24) is 0 Å². The zero-order valence-corrected chi connectivity index (χ0v) is 6.62. The first-order valence-electron chi connectivity index (χ1n) is 3.21. The van der Waals surface area contributed by atoms with Gasteiger partial charge in [0.1, 0.15) is 0 Å². The lowest BCUT2D eigenvalue weighted by Crippen LogP contribution is -2.07. The van der Waals surface area contributed by atoms with Gasteiger partial charge in [0.05, 0.1) is 13.2 Å². The van der Waals surface area contributed by atoms with Gasteiger partial charge >= 0.3 is 11.9 Å². The van der Waals surface area contributed by atoms with Crippen LogP contribution in [0.4, 0.5) is 0 Å². The quantitative estimate of drug-likeness (QED) is 0.437. The average molecular weight is 159 g/mol. The van der Waals surface area contributed by atoms with E-state index in [4.69, 9.17) is 0 Å². The molecule has 63 valence electrons. The molecule has 0 aliphatic heterocycles. The Labute approximate surface area is 65.5 Å². The molecule has 0 unspecified atom stereocenters. The summed E-state index contributed by atoms with van der Waals surface area (Å²) in [5.41, 5.74) is 0. The smallest absolute Gasteiger partial charge is 0.302 e. The van der Waals surface area contributed by atoms with Crippen LogP contribution in [0, 0.1) is 6.42 Å². The van der Waals surface area contributed by atoms with E-state index in [1.165, 1.54) is 13.8 Å². The third-order valence-corrected chi connectivity index (χ3v) is 0.809. The molecule has 0 aliphatic rings. The van der Waals surface area contributed by atoms with E-state index in [1.807, 2.05) is 0 Å². The molecule has 0 bridgehead atoms. The van der Waals surface area contributed by atoms with E-state index in [0.717, 1.165) is 0 Å². The molecule has 0 aromatic carbocycles. The Morgan fingerprint density at radius 2 is 1.45 bits per heavy atom. The van der Waals surface area contributed by atoms with Crippen molar-refractivity contribution in [2.75, 3.05) is 13.2 Å². The topological polar surface area (TPSA) is 52.6 Å². The number of ether oxygens (including phenoxy) is 2. The van der Waals surface area contributed by atoms with Crippen LogP contribution in [0.2, 0.25) is 0 Å². The van der Waals surface area contributed by atoms with Gasteiger partial charge in [-0.3, -0.25) is 9.59 Å². The number of carbonyl (C=O) groups excluding carboxylic acids is 2. The number of hydrogen-bond acceptors (Lipinski definition) is 4. The summed E-state index contributed by atoms with van der Waals surface area (Å²) in [6, 6.07) is 0. The molecule has 0 fully saturated rings. The van der Waals surface area contributed by atoms with E-state index in [-0.39, 0.29) is 25.2 Å². The van der Waals surface area contributed by atoms with Gasteiger partial charge in [-0.1, -0.05) is 0 Å². The second kappa shape index (κ2) is 5.70. The predicted molar refractivity (Wildman–Crippen MR) is 37.6 cm³/mol. The van der Waals surface area contributed by atoms with Crippen LogP contribution in [0.1, 0.15) is 13.8 Å². The molecule has 4 nitrogen and oxygen atoms in total. The van der Waals surface area contributed by atoms with Crippen molar-refractivity contribution in [2.24, 2.45) is 0 Å². The maximum Gasteiger partial charge on any atom is 0.302 e. The lowest BCUT2D eigenvalue weighted by molar-refractivity contribution is -0.141. The highest BCUT2D eigenvalue weighted by Gasteiger charge is 1.94. The van der Waals surface area contributed by atoms with Gasteiger partial charge in [-0.05, 0) is 0 Å². The van der Waals surface area contributed by atoms with Crippen LogP contribution in [-0.4, -0.2) is 25.2 Å². The Kier molecular flexibility index (Phi) is 5.15. The molecule has 0 amide bonds. The second-order valence-corrected chi connectivity index (χ2v) is 1.89. The molecule has 0 aromatic heterocycles. The maximum atomic E-state index is 10.2. The first kappa shape index (κ1) is 9.94. The largest absolute Gasteiger partial charge is 0.465 e. The minimum absolute atomic E-state index is 0.183. The molecular weight excluding hydrogens is 148 g/mol. The molecule has 0 spiro atoms. The molecule has 0 aliphatic carbocycles. The van der Waals surface area contributed by atoms with Gasteiger partial charge in [-0.25, -0.2) is 0 Å². The summed E-state index contributed by atoms with van der Waals surface area (Å²) in [4.78, 5) is 20.4. The van der Waals surface area contributed by atoms with Crippen molar-refractivity contribution in [3.8, 4) is 0 Å². The van der Waals surface area contributed by atoms with Crippen molar-refractivity contribution in [3.63, 3.8) is 0 Å². The second-order valence-electron chi connectivity index (χ2n) is 1.89. The molecule has 0 aromatic rings. The molecule has 0 saturated carbocycles. The molecule has 4 heteroatoms. The number of hydrogen-bond donors (Lipinski definition) is 0. The normalized spacial score (nSPS) is 8.91. The molecule has 11 heavy (non-hydrogen) atoms. The van der Waals surface area contributed by atoms with Crippen LogP contribution < -0.4 is 0 Å². The minimum atomic E-state index is -0.343. The van der Waals surface area contributed by atoms with Gasteiger partial charge in [0.2, 0.25) is 0 Å². The van der Waals surface area contributed by atoms with Crippen molar-refractivity contribution >= 4 is 11.9 Å². The molecule has 0 saturated heterocycles. The molecule has 1 radical (unpaired) electrons. The molecule has 0 rings (SSSR count). The third kappa shape index (κ3) is 8.94. The van der Waals surface area contributed by atoms with E-state index in [9.17, 15) is 9.59 Å². The number of rotatable bonds is 4. The van der Waals surface area contributed by atoms with Gasteiger partial charge in [-0.15, -0.1) is 0 Å². The van der Waals surface area contributed by atoms with Crippen LogP contribution in [0.5, 0.6) is 0 Å². The Hall–Kier alpha value is -1.06. The van der Waals surface area contributed by atoms with Crippen LogP contribution in [0.3, 0.4) is 0 Å². The fourth-order valence-electron chi connectivity index (χ4n) is 0.401. The standard InChI is InChI=1S/C7H11O4/c1-6(8)10-4-3-5-11-7(2)9/h3H,4-5H2,1-2H3. The van der Waals surface area contributed by atoms with Gasteiger partial charge in [0.15, 0.2) is 0 Å². The Balaban J connectivity index is 3.03. The van der Waals surface area contributed by atoms with Gasteiger partial charge in [0.25, 0.3) is 0 Å². The van der Waals surface area contributed by atoms with E-state index >= 15 is 0 Å². The van der Waals surface area contributed by atoms with E-state index < -0.39 is 0 Å². The van der Waals surface area contributed by atoms with Crippen molar-refractivity contribution in [3.05, 3.63) is 6.42 Å². The number of carbonyl (C=O) groups is 2. The lowest BCUT2D eigenvalue weighted by atomic mass is 10.5. The number of esters is 2. The summed E-state index contributed by atoms with van der Waals surface area (Å²) in [6.45, 7) is 3.00. The first-order valence-corrected chi connectivity index (χ1v) is 3.21.